The van der Waals surface area contributed by atoms with Gasteiger partial charge in [-0.05, 0) is 88.1 Å². The molecule has 3 aromatic rings. The second-order valence-corrected chi connectivity index (χ2v) is 11.6. The van der Waals surface area contributed by atoms with Crippen molar-refractivity contribution in [1.29, 1.82) is 0 Å². The molecule has 0 saturated carbocycles. The van der Waals surface area contributed by atoms with Gasteiger partial charge in [0.2, 0.25) is 0 Å². The largest absolute Gasteiger partial charge is 0.444 e. The summed E-state index contributed by atoms with van der Waals surface area (Å²) < 4.78 is 20.1. The number of carbonyl (C=O) groups excluding carboxylic acids is 2. The normalized spacial score (nSPS) is 17.8. The Balaban J connectivity index is 1.56. The predicted molar refractivity (Wildman–Crippen MR) is 154 cm³/mol. The summed E-state index contributed by atoms with van der Waals surface area (Å²) in [5.74, 6) is -0.383. The van der Waals surface area contributed by atoms with Gasteiger partial charge < -0.3 is 15.4 Å². The van der Waals surface area contributed by atoms with E-state index in [4.69, 9.17) is 16.3 Å². The lowest BCUT2D eigenvalue weighted by Gasteiger charge is -2.35. The molecule has 4 rings (SSSR count). The Labute approximate surface area is 239 Å². The van der Waals surface area contributed by atoms with Crippen LogP contribution in [0.2, 0.25) is 5.02 Å². The van der Waals surface area contributed by atoms with Crippen LogP contribution >= 0.6 is 11.6 Å². The minimum atomic E-state index is -1.17. The smallest absolute Gasteiger partial charge is 0.408 e. The van der Waals surface area contributed by atoms with Crippen molar-refractivity contribution in [1.82, 2.24) is 20.2 Å². The van der Waals surface area contributed by atoms with Crippen molar-refractivity contribution in [2.45, 2.75) is 65.4 Å². The van der Waals surface area contributed by atoms with E-state index in [0.29, 0.717) is 30.3 Å². The number of likely N-dealkylation sites (tertiary alicyclic amines) is 1. The van der Waals surface area contributed by atoms with Crippen molar-refractivity contribution in [3.63, 3.8) is 0 Å². The van der Waals surface area contributed by atoms with E-state index in [9.17, 15) is 14.0 Å². The molecule has 0 bridgehead atoms. The highest BCUT2D eigenvalue weighted by atomic mass is 35.5. The van der Waals surface area contributed by atoms with Crippen LogP contribution in [0, 0.1) is 13.8 Å². The maximum Gasteiger partial charge on any atom is 0.408 e. The molecule has 1 saturated heterocycles. The first kappa shape index (κ1) is 29.4. The van der Waals surface area contributed by atoms with Gasteiger partial charge in [0.25, 0.3) is 5.91 Å². The quantitative estimate of drug-likeness (QED) is 0.373. The van der Waals surface area contributed by atoms with Crippen LogP contribution in [0.3, 0.4) is 0 Å². The molecule has 2 aromatic heterocycles. The zero-order valence-electron chi connectivity index (χ0n) is 23.4. The zero-order valence-corrected chi connectivity index (χ0v) is 24.2. The fraction of sp³-hybridized carbons (Fsp3) is 0.400. The van der Waals surface area contributed by atoms with Gasteiger partial charge >= 0.3 is 6.09 Å². The Bertz CT molecular complexity index is 1380. The fourth-order valence-electron chi connectivity index (χ4n) is 4.47. The molecule has 1 aromatic carbocycles. The highest BCUT2D eigenvalue weighted by molar-refractivity contribution is 6.31. The number of nitrogens with zero attached hydrogens (tertiary/aromatic N) is 3. The average molecular weight is 568 g/mol. The topological polar surface area (TPSA) is 96.5 Å². The summed E-state index contributed by atoms with van der Waals surface area (Å²) in [4.78, 5) is 36.0. The van der Waals surface area contributed by atoms with Crippen molar-refractivity contribution < 1.29 is 18.7 Å². The Hall–Kier alpha value is -3.56. The Morgan fingerprint density at radius 3 is 2.55 bits per heavy atom. The summed E-state index contributed by atoms with van der Waals surface area (Å²) in [6.45, 7) is 10.4. The summed E-state index contributed by atoms with van der Waals surface area (Å²) in [6, 6.07) is 10.5. The highest BCUT2D eigenvalue weighted by Crippen LogP contribution is 2.27. The number of alkyl halides is 1. The summed E-state index contributed by atoms with van der Waals surface area (Å²) in [6.07, 6.45) is 1.83. The number of halogens is 2. The van der Waals surface area contributed by atoms with Crippen LogP contribution in [0.4, 0.5) is 14.9 Å². The van der Waals surface area contributed by atoms with Gasteiger partial charge in [-0.2, -0.15) is 0 Å². The highest BCUT2D eigenvalue weighted by Gasteiger charge is 2.32. The lowest BCUT2D eigenvalue weighted by atomic mass is 10.00. The Morgan fingerprint density at radius 1 is 1.10 bits per heavy atom. The second kappa shape index (κ2) is 12.3. The molecule has 10 heteroatoms. The van der Waals surface area contributed by atoms with E-state index in [2.05, 4.69) is 25.5 Å². The summed E-state index contributed by atoms with van der Waals surface area (Å²) in [5.41, 5.74) is 4.48. The zero-order chi connectivity index (χ0) is 29.0. The van der Waals surface area contributed by atoms with Gasteiger partial charge in [-0.3, -0.25) is 19.7 Å². The molecular formula is C30H35ClFN5O3. The third-order valence-corrected chi connectivity index (χ3v) is 6.89. The van der Waals surface area contributed by atoms with E-state index in [1.54, 1.807) is 39.2 Å². The van der Waals surface area contributed by atoms with E-state index in [0.717, 1.165) is 27.9 Å². The predicted octanol–water partition coefficient (Wildman–Crippen LogP) is 6.10. The van der Waals surface area contributed by atoms with Crippen molar-refractivity contribution in [2.75, 3.05) is 18.4 Å². The molecule has 1 aliphatic rings. The number of pyridine rings is 2. The molecule has 3 heterocycles. The molecule has 1 fully saturated rings. The van der Waals surface area contributed by atoms with E-state index < -0.39 is 23.9 Å². The maximum atomic E-state index is 14.7. The summed E-state index contributed by atoms with van der Waals surface area (Å²) in [5, 5.41) is 6.09. The van der Waals surface area contributed by atoms with Gasteiger partial charge in [0.15, 0.2) is 0 Å². The van der Waals surface area contributed by atoms with Crippen LogP contribution in [0.5, 0.6) is 0 Å². The number of hydrogen-bond acceptors (Lipinski definition) is 6. The first-order chi connectivity index (χ1) is 18.9. The molecule has 2 amide bonds. The number of nitrogens with one attached hydrogen (secondary N) is 2. The van der Waals surface area contributed by atoms with E-state index in [1.165, 1.54) is 0 Å². The van der Waals surface area contributed by atoms with Gasteiger partial charge in [-0.1, -0.05) is 17.7 Å². The number of rotatable bonds is 6. The summed E-state index contributed by atoms with van der Waals surface area (Å²) in [7, 11) is 0. The van der Waals surface area contributed by atoms with Crippen LogP contribution in [-0.4, -0.2) is 57.8 Å². The van der Waals surface area contributed by atoms with Crippen LogP contribution in [0.25, 0.3) is 11.1 Å². The lowest BCUT2D eigenvalue weighted by Crippen LogP contribution is -2.54. The second-order valence-electron chi connectivity index (χ2n) is 11.2. The number of amides is 2. The molecule has 40 heavy (non-hydrogen) atoms. The molecule has 2 atom stereocenters. The number of aromatic nitrogens is 2. The number of alkyl carbamates (subject to hydrolysis) is 1. The summed E-state index contributed by atoms with van der Waals surface area (Å²) >= 11 is 6.20. The average Bonchev–Trinajstić information content (AvgIpc) is 2.87. The van der Waals surface area contributed by atoms with Crippen molar-refractivity contribution in [3.8, 4) is 11.1 Å². The van der Waals surface area contributed by atoms with Crippen LogP contribution in [-0.2, 0) is 11.3 Å². The number of aryl methyl sites for hydroxylation is 2. The van der Waals surface area contributed by atoms with E-state index >= 15 is 0 Å². The molecule has 2 N–H and O–H groups in total. The van der Waals surface area contributed by atoms with Crippen LogP contribution in [0.1, 0.15) is 54.5 Å². The third-order valence-electron chi connectivity index (χ3n) is 6.49. The van der Waals surface area contributed by atoms with E-state index in [-0.39, 0.29) is 18.0 Å². The standard InChI is InChI=1S/C30H35ClFN5O3/c1-18-14-34-26(13-24(18)31)28(38)35-23-11-20(10-22(12-23)21-7-6-19(2)33-15-21)16-37-9-8-25(32)27(17-37)36-29(39)40-30(3,4)5/h6-7,10-15,25,27H,8-9,16-17H2,1-5H3,(H,35,38)(H,36,39)/t25-,27-/m1/s1. The first-order valence-electron chi connectivity index (χ1n) is 13.2. The number of hydrogen-bond donors (Lipinski definition) is 2. The molecule has 8 nitrogen and oxygen atoms in total. The van der Waals surface area contributed by atoms with Crippen molar-refractivity contribution in [2.24, 2.45) is 0 Å². The minimum Gasteiger partial charge on any atom is -0.444 e. The van der Waals surface area contributed by atoms with Gasteiger partial charge in [0.1, 0.15) is 17.5 Å². The van der Waals surface area contributed by atoms with Crippen molar-refractivity contribution >= 4 is 29.3 Å². The van der Waals surface area contributed by atoms with Crippen LogP contribution < -0.4 is 10.6 Å². The van der Waals surface area contributed by atoms with Crippen LogP contribution in [0.15, 0.2) is 48.8 Å². The van der Waals surface area contributed by atoms with Gasteiger partial charge in [-0.25, -0.2) is 9.18 Å². The minimum absolute atomic E-state index is 0.209. The Morgan fingerprint density at radius 2 is 1.88 bits per heavy atom. The van der Waals surface area contributed by atoms with E-state index in [1.807, 2.05) is 44.2 Å². The molecule has 0 aliphatic carbocycles. The monoisotopic (exact) mass is 567 g/mol. The molecule has 1 aliphatic heterocycles. The van der Waals surface area contributed by atoms with Gasteiger partial charge in [0.05, 0.1) is 6.04 Å². The number of anilines is 1. The Kier molecular flexibility index (Phi) is 9.05. The number of carbonyl (C=O) groups is 2. The molecular weight excluding hydrogens is 533 g/mol. The molecule has 0 spiro atoms. The van der Waals surface area contributed by atoms with Gasteiger partial charge in [0, 0.05) is 54.0 Å². The molecule has 0 unspecified atom stereocenters. The lowest BCUT2D eigenvalue weighted by molar-refractivity contribution is 0.0389. The number of ether oxygens (including phenoxy) is 1. The van der Waals surface area contributed by atoms with Gasteiger partial charge in [-0.15, -0.1) is 0 Å². The molecule has 212 valence electrons. The SMILES string of the molecule is Cc1ccc(-c2cc(CN3CC[C@@H](F)[C@H](NC(=O)OC(C)(C)C)C3)cc(NC(=O)c3cc(Cl)c(C)cn3)c2)cn1. The molecule has 0 radical (unpaired) electrons. The maximum absolute atomic E-state index is 14.7. The fourth-order valence-corrected chi connectivity index (χ4v) is 4.62. The van der Waals surface area contributed by atoms with Crippen molar-refractivity contribution in [3.05, 3.63) is 76.3 Å². The first-order valence-corrected chi connectivity index (χ1v) is 13.6. The number of benzene rings is 1. The third kappa shape index (κ3) is 7.99. The number of piperidine rings is 1.